The minimum atomic E-state index is -0.722. The first-order chi connectivity index (χ1) is 10.5. The van der Waals surface area contributed by atoms with E-state index in [0.29, 0.717) is 15.7 Å². The summed E-state index contributed by atoms with van der Waals surface area (Å²) in [6.07, 6.45) is 0. The number of carbonyl (C=O) groups is 2. The van der Waals surface area contributed by atoms with Crippen molar-refractivity contribution in [3.63, 3.8) is 0 Å². The van der Waals surface area contributed by atoms with E-state index in [0.717, 1.165) is 0 Å². The molecule has 2 rings (SSSR count). The first kappa shape index (κ1) is 16.0. The summed E-state index contributed by atoms with van der Waals surface area (Å²) < 4.78 is 18.7. The van der Waals surface area contributed by atoms with Crippen LogP contribution in [0.3, 0.4) is 0 Å². The summed E-state index contributed by atoms with van der Waals surface area (Å²) >= 11 is 3.20. The van der Waals surface area contributed by atoms with E-state index in [-0.39, 0.29) is 18.0 Å². The number of halogens is 2. The second-order valence-corrected chi connectivity index (χ2v) is 5.24. The molecule has 0 aliphatic heterocycles. The molecule has 0 bridgehead atoms. The molecule has 22 heavy (non-hydrogen) atoms. The van der Waals surface area contributed by atoms with E-state index < -0.39 is 12.0 Å². The zero-order chi connectivity index (χ0) is 16.1. The molecule has 3 N–H and O–H groups in total. The third kappa shape index (κ3) is 4.29. The van der Waals surface area contributed by atoms with Gasteiger partial charge in [-0.3, -0.25) is 0 Å². The number of ether oxygens (including phenoxy) is 1. The van der Waals surface area contributed by atoms with Gasteiger partial charge >= 0.3 is 12.0 Å². The number of urea groups is 1. The van der Waals surface area contributed by atoms with Crippen molar-refractivity contribution < 1.29 is 18.7 Å². The predicted molar refractivity (Wildman–Crippen MR) is 82.9 cm³/mol. The number of anilines is 1. The molecule has 0 saturated heterocycles. The zero-order valence-corrected chi connectivity index (χ0v) is 12.9. The maximum Gasteiger partial charge on any atom is 0.338 e. The van der Waals surface area contributed by atoms with Gasteiger partial charge in [0.2, 0.25) is 0 Å². The third-order valence-electron chi connectivity index (χ3n) is 2.74. The molecule has 2 aromatic rings. The maximum absolute atomic E-state index is 13.0. The van der Waals surface area contributed by atoms with Crippen LogP contribution in [0.4, 0.5) is 14.9 Å². The van der Waals surface area contributed by atoms with Crippen LogP contribution in [0, 0.1) is 5.82 Å². The van der Waals surface area contributed by atoms with Gasteiger partial charge in [-0.1, -0.05) is 28.1 Å². The van der Waals surface area contributed by atoms with Gasteiger partial charge < -0.3 is 15.8 Å². The number of benzene rings is 2. The number of nitrogens with one attached hydrogen (secondary N) is 1. The molecule has 0 saturated carbocycles. The van der Waals surface area contributed by atoms with E-state index in [1.165, 1.54) is 24.3 Å². The van der Waals surface area contributed by atoms with Crippen LogP contribution in [0.15, 0.2) is 46.9 Å². The van der Waals surface area contributed by atoms with Gasteiger partial charge in [0.05, 0.1) is 5.56 Å². The second kappa shape index (κ2) is 7.04. The van der Waals surface area contributed by atoms with Crippen LogP contribution in [0.5, 0.6) is 0 Å². The molecule has 114 valence electrons. The van der Waals surface area contributed by atoms with E-state index in [4.69, 9.17) is 10.5 Å². The Morgan fingerprint density at radius 3 is 2.68 bits per heavy atom. The highest BCUT2D eigenvalue weighted by Gasteiger charge is 2.10. The lowest BCUT2D eigenvalue weighted by atomic mass is 10.2. The summed E-state index contributed by atoms with van der Waals surface area (Å²) in [6, 6.07) is 9.57. The topological polar surface area (TPSA) is 81.4 Å². The SMILES string of the molecule is NC(=O)Nc1cccc(C(=O)OCc2ccc(F)cc2Br)c1. The van der Waals surface area contributed by atoms with Gasteiger partial charge in [-0.25, -0.2) is 14.0 Å². The lowest BCUT2D eigenvalue weighted by molar-refractivity contribution is 0.0472. The molecule has 7 heteroatoms. The highest BCUT2D eigenvalue weighted by Crippen LogP contribution is 2.19. The second-order valence-electron chi connectivity index (χ2n) is 4.38. The lowest BCUT2D eigenvalue weighted by Gasteiger charge is -2.08. The van der Waals surface area contributed by atoms with Crippen LogP contribution in [0.25, 0.3) is 0 Å². The Balaban J connectivity index is 2.04. The molecule has 0 aliphatic carbocycles. The van der Waals surface area contributed by atoms with Crippen molar-refractivity contribution in [2.45, 2.75) is 6.61 Å². The van der Waals surface area contributed by atoms with Crippen molar-refractivity contribution in [2.75, 3.05) is 5.32 Å². The van der Waals surface area contributed by atoms with E-state index in [1.807, 2.05) is 0 Å². The minimum Gasteiger partial charge on any atom is -0.457 e. The van der Waals surface area contributed by atoms with Crippen molar-refractivity contribution >= 4 is 33.6 Å². The fourth-order valence-electron chi connectivity index (χ4n) is 1.73. The molecule has 0 aliphatic rings. The summed E-state index contributed by atoms with van der Waals surface area (Å²) in [5.74, 6) is -0.948. The average molecular weight is 367 g/mol. The molecule has 2 amide bonds. The fourth-order valence-corrected chi connectivity index (χ4v) is 2.20. The summed E-state index contributed by atoms with van der Waals surface area (Å²) in [7, 11) is 0. The van der Waals surface area contributed by atoms with Gasteiger partial charge in [-0.05, 0) is 30.3 Å². The standard InChI is InChI=1S/C15H12BrFN2O3/c16-13-7-11(17)5-4-10(13)8-22-14(20)9-2-1-3-12(6-9)19-15(18)21/h1-7H,8H2,(H3,18,19,21). The Hall–Kier alpha value is -2.41. The average Bonchev–Trinajstić information content (AvgIpc) is 2.45. The number of primary amides is 1. The maximum atomic E-state index is 13.0. The van der Waals surface area contributed by atoms with Gasteiger partial charge in [0, 0.05) is 15.7 Å². The van der Waals surface area contributed by atoms with Crippen LogP contribution < -0.4 is 11.1 Å². The lowest BCUT2D eigenvalue weighted by Crippen LogP contribution is -2.19. The first-order valence-electron chi connectivity index (χ1n) is 6.23. The van der Waals surface area contributed by atoms with Crippen molar-refractivity contribution in [1.82, 2.24) is 0 Å². The summed E-state index contributed by atoms with van der Waals surface area (Å²) in [5.41, 5.74) is 6.31. The van der Waals surface area contributed by atoms with Gasteiger partial charge in [0.1, 0.15) is 12.4 Å². The quantitative estimate of drug-likeness (QED) is 0.813. The predicted octanol–water partition coefficient (Wildman–Crippen LogP) is 3.44. The minimum absolute atomic E-state index is 0.00677. The number of carbonyl (C=O) groups excluding carboxylic acids is 2. The Kier molecular flexibility index (Phi) is 5.11. The van der Waals surface area contributed by atoms with Crippen molar-refractivity contribution in [2.24, 2.45) is 5.73 Å². The molecule has 0 aromatic heterocycles. The number of nitrogens with two attached hydrogens (primary N) is 1. The third-order valence-corrected chi connectivity index (χ3v) is 3.48. The molecular weight excluding hydrogens is 355 g/mol. The van der Waals surface area contributed by atoms with Crippen LogP contribution in [0.2, 0.25) is 0 Å². The molecule has 0 fully saturated rings. The van der Waals surface area contributed by atoms with Gasteiger partial charge in [-0.2, -0.15) is 0 Å². The van der Waals surface area contributed by atoms with E-state index >= 15 is 0 Å². The normalized spacial score (nSPS) is 10.1. The Bertz CT molecular complexity index is 722. The van der Waals surface area contributed by atoms with Gasteiger partial charge in [0.15, 0.2) is 0 Å². The number of esters is 1. The molecule has 2 aromatic carbocycles. The molecule has 0 radical (unpaired) electrons. The van der Waals surface area contributed by atoms with Gasteiger partial charge in [0.25, 0.3) is 0 Å². The molecular formula is C15H12BrFN2O3. The zero-order valence-electron chi connectivity index (χ0n) is 11.3. The Labute approximate surface area is 134 Å². The molecule has 0 spiro atoms. The molecule has 0 unspecified atom stereocenters. The molecule has 0 atom stereocenters. The largest absolute Gasteiger partial charge is 0.457 e. The number of amides is 2. The van der Waals surface area contributed by atoms with Crippen LogP contribution in [-0.4, -0.2) is 12.0 Å². The number of hydrogen-bond acceptors (Lipinski definition) is 3. The van der Waals surface area contributed by atoms with E-state index in [9.17, 15) is 14.0 Å². The Morgan fingerprint density at radius 2 is 2.00 bits per heavy atom. The van der Waals surface area contributed by atoms with Crippen molar-refractivity contribution in [3.05, 3.63) is 63.9 Å². The van der Waals surface area contributed by atoms with E-state index in [2.05, 4.69) is 21.2 Å². The van der Waals surface area contributed by atoms with Crippen LogP contribution >= 0.6 is 15.9 Å². The van der Waals surface area contributed by atoms with Crippen molar-refractivity contribution in [3.8, 4) is 0 Å². The summed E-state index contributed by atoms with van der Waals surface area (Å²) in [4.78, 5) is 22.8. The number of rotatable bonds is 4. The summed E-state index contributed by atoms with van der Waals surface area (Å²) in [5, 5.41) is 2.37. The highest BCUT2D eigenvalue weighted by molar-refractivity contribution is 9.10. The van der Waals surface area contributed by atoms with Crippen LogP contribution in [0.1, 0.15) is 15.9 Å². The first-order valence-corrected chi connectivity index (χ1v) is 7.02. The van der Waals surface area contributed by atoms with E-state index in [1.54, 1.807) is 18.2 Å². The van der Waals surface area contributed by atoms with Crippen molar-refractivity contribution in [1.29, 1.82) is 0 Å². The molecule has 0 heterocycles. The summed E-state index contributed by atoms with van der Waals surface area (Å²) in [6.45, 7) is -0.00677. The van der Waals surface area contributed by atoms with Gasteiger partial charge in [-0.15, -0.1) is 0 Å². The molecule has 5 nitrogen and oxygen atoms in total. The Morgan fingerprint density at radius 1 is 1.23 bits per heavy atom. The highest BCUT2D eigenvalue weighted by atomic mass is 79.9. The smallest absolute Gasteiger partial charge is 0.338 e. The number of hydrogen-bond donors (Lipinski definition) is 2. The van der Waals surface area contributed by atoms with Crippen LogP contribution in [-0.2, 0) is 11.3 Å². The monoisotopic (exact) mass is 366 g/mol. The fraction of sp³-hybridized carbons (Fsp3) is 0.0667.